The van der Waals surface area contributed by atoms with Crippen LogP contribution in [-0.2, 0) is 6.42 Å². The number of hydrogen-bond acceptors (Lipinski definition) is 5. The first-order chi connectivity index (χ1) is 9.63. The molecule has 0 bridgehead atoms. The minimum atomic E-state index is 0.459. The van der Waals surface area contributed by atoms with Gasteiger partial charge in [-0.05, 0) is 53.0 Å². The fourth-order valence-electron chi connectivity index (χ4n) is 1.77. The molecule has 0 saturated carbocycles. The Morgan fingerprint density at radius 2 is 2.25 bits per heavy atom. The van der Waals surface area contributed by atoms with Crippen molar-refractivity contribution in [3.05, 3.63) is 28.6 Å². The summed E-state index contributed by atoms with van der Waals surface area (Å²) in [5.74, 6) is 2.46. The van der Waals surface area contributed by atoms with Crippen LogP contribution in [0.5, 0.6) is 5.75 Å². The summed E-state index contributed by atoms with van der Waals surface area (Å²) in [6, 6.07) is 5.68. The molecule has 2 aromatic rings. The molecule has 20 heavy (non-hydrogen) atoms. The molecular weight excluding hydrogens is 322 g/mol. The molecule has 0 amide bonds. The molecule has 1 heterocycles. The second kappa shape index (κ2) is 6.85. The smallest absolute Gasteiger partial charge is 0.226 e. The van der Waals surface area contributed by atoms with Gasteiger partial charge in [-0.15, -0.1) is 0 Å². The van der Waals surface area contributed by atoms with Crippen molar-refractivity contribution in [2.24, 2.45) is 11.7 Å². The third-order valence-corrected chi connectivity index (χ3v) is 3.75. The summed E-state index contributed by atoms with van der Waals surface area (Å²) >= 11 is 3.45. The quantitative estimate of drug-likeness (QED) is 0.875. The van der Waals surface area contributed by atoms with Crippen molar-refractivity contribution in [1.29, 1.82) is 0 Å². The summed E-state index contributed by atoms with van der Waals surface area (Å²) in [5, 5.41) is 4.01. The van der Waals surface area contributed by atoms with Crippen LogP contribution in [-0.4, -0.2) is 23.8 Å². The van der Waals surface area contributed by atoms with Gasteiger partial charge in [0, 0.05) is 12.0 Å². The number of ether oxygens (including phenoxy) is 1. The minimum Gasteiger partial charge on any atom is -0.496 e. The first kappa shape index (κ1) is 15.0. The maximum Gasteiger partial charge on any atom is 0.226 e. The molecule has 1 aromatic carbocycles. The monoisotopic (exact) mass is 339 g/mol. The lowest BCUT2D eigenvalue weighted by molar-refractivity contribution is 0.366. The molecule has 1 unspecified atom stereocenters. The molecule has 108 valence electrons. The normalized spacial score (nSPS) is 12.4. The highest BCUT2D eigenvalue weighted by Crippen LogP contribution is 2.29. The van der Waals surface area contributed by atoms with Crippen LogP contribution in [0.4, 0.5) is 0 Å². The highest BCUT2D eigenvalue weighted by atomic mass is 79.9. The first-order valence-electron chi connectivity index (χ1n) is 6.50. The second-order valence-corrected chi connectivity index (χ2v) is 5.59. The predicted molar refractivity (Wildman–Crippen MR) is 80.5 cm³/mol. The maximum absolute atomic E-state index is 5.59. The predicted octanol–water partition coefficient (Wildman–Crippen LogP) is 3.04. The lowest BCUT2D eigenvalue weighted by Gasteiger charge is -2.04. The van der Waals surface area contributed by atoms with E-state index in [9.17, 15) is 0 Å². The summed E-state index contributed by atoms with van der Waals surface area (Å²) in [6.45, 7) is 2.78. The Hall–Kier alpha value is -1.40. The SMILES string of the molecule is COc1ccc(-c2noc(CCC(C)CN)n2)cc1Br. The van der Waals surface area contributed by atoms with Crippen molar-refractivity contribution in [2.75, 3.05) is 13.7 Å². The summed E-state index contributed by atoms with van der Waals surface area (Å²) < 4.78 is 11.3. The number of halogens is 1. The van der Waals surface area contributed by atoms with Gasteiger partial charge in [-0.1, -0.05) is 12.1 Å². The van der Waals surface area contributed by atoms with Crippen LogP contribution in [0.25, 0.3) is 11.4 Å². The number of rotatable bonds is 6. The molecular formula is C14H18BrN3O2. The molecule has 6 heteroatoms. The van der Waals surface area contributed by atoms with Gasteiger partial charge in [0.1, 0.15) is 5.75 Å². The number of hydrogen-bond donors (Lipinski definition) is 1. The van der Waals surface area contributed by atoms with Crippen molar-refractivity contribution in [3.63, 3.8) is 0 Å². The average molecular weight is 340 g/mol. The molecule has 0 aliphatic carbocycles. The van der Waals surface area contributed by atoms with E-state index < -0.39 is 0 Å². The molecule has 0 spiro atoms. The number of benzene rings is 1. The van der Waals surface area contributed by atoms with E-state index >= 15 is 0 Å². The lowest BCUT2D eigenvalue weighted by atomic mass is 10.1. The van der Waals surface area contributed by atoms with E-state index in [1.54, 1.807) is 7.11 Å². The molecule has 0 aliphatic heterocycles. The third kappa shape index (κ3) is 3.58. The lowest BCUT2D eigenvalue weighted by Crippen LogP contribution is -2.11. The van der Waals surface area contributed by atoms with Crippen molar-refractivity contribution >= 4 is 15.9 Å². The van der Waals surface area contributed by atoms with Crippen molar-refractivity contribution in [2.45, 2.75) is 19.8 Å². The molecule has 2 N–H and O–H groups in total. The highest BCUT2D eigenvalue weighted by Gasteiger charge is 2.11. The summed E-state index contributed by atoms with van der Waals surface area (Å²) in [6.07, 6.45) is 1.70. The average Bonchev–Trinajstić information content (AvgIpc) is 2.93. The van der Waals surface area contributed by atoms with Gasteiger partial charge in [0.15, 0.2) is 0 Å². The van der Waals surface area contributed by atoms with Crippen LogP contribution in [0, 0.1) is 5.92 Å². The molecule has 5 nitrogen and oxygen atoms in total. The summed E-state index contributed by atoms with van der Waals surface area (Å²) in [7, 11) is 1.63. The third-order valence-electron chi connectivity index (χ3n) is 3.13. The number of aryl methyl sites for hydroxylation is 1. The zero-order valence-corrected chi connectivity index (χ0v) is 13.2. The van der Waals surface area contributed by atoms with Crippen molar-refractivity contribution < 1.29 is 9.26 Å². The molecule has 1 aromatic heterocycles. The Labute approximate surface area is 126 Å². The number of nitrogens with two attached hydrogens (primary N) is 1. The van der Waals surface area contributed by atoms with Crippen molar-refractivity contribution in [3.8, 4) is 17.1 Å². The van der Waals surface area contributed by atoms with Crippen LogP contribution in [0.15, 0.2) is 27.2 Å². The van der Waals surface area contributed by atoms with Crippen LogP contribution in [0.1, 0.15) is 19.2 Å². The van der Waals surface area contributed by atoms with E-state index in [-0.39, 0.29) is 0 Å². The van der Waals surface area contributed by atoms with Gasteiger partial charge in [-0.25, -0.2) is 0 Å². The molecule has 1 atom stereocenters. The summed E-state index contributed by atoms with van der Waals surface area (Å²) in [4.78, 5) is 4.40. The van der Waals surface area contributed by atoms with Gasteiger partial charge in [0.2, 0.25) is 11.7 Å². The Kier molecular flexibility index (Phi) is 5.14. The molecule has 0 fully saturated rings. The van der Waals surface area contributed by atoms with Gasteiger partial charge in [-0.2, -0.15) is 4.98 Å². The Bertz CT molecular complexity index is 571. The molecule has 0 saturated heterocycles. The van der Waals surface area contributed by atoms with Gasteiger partial charge in [-0.3, -0.25) is 0 Å². The van der Waals surface area contributed by atoms with E-state index in [2.05, 4.69) is 33.0 Å². The van der Waals surface area contributed by atoms with Gasteiger partial charge >= 0.3 is 0 Å². The Morgan fingerprint density at radius 1 is 1.45 bits per heavy atom. The molecule has 2 rings (SSSR count). The second-order valence-electron chi connectivity index (χ2n) is 4.74. The zero-order chi connectivity index (χ0) is 14.5. The Balaban J connectivity index is 2.10. The van der Waals surface area contributed by atoms with E-state index in [1.807, 2.05) is 18.2 Å². The Morgan fingerprint density at radius 3 is 2.90 bits per heavy atom. The standard InChI is InChI=1S/C14H18BrN3O2/c1-9(8-16)3-6-13-17-14(18-20-13)10-4-5-12(19-2)11(15)7-10/h4-5,7,9H,3,6,8,16H2,1-2H3. The van der Waals surface area contributed by atoms with Crippen LogP contribution >= 0.6 is 15.9 Å². The number of methoxy groups -OCH3 is 1. The minimum absolute atomic E-state index is 0.459. The van der Waals surface area contributed by atoms with E-state index in [4.69, 9.17) is 15.0 Å². The number of aromatic nitrogens is 2. The largest absolute Gasteiger partial charge is 0.496 e. The first-order valence-corrected chi connectivity index (χ1v) is 7.30. The zero-order valence-electron chi connectivity index (χ0n) is 11.6. The topological polar surface area (TPSA) is 74.2 Å². The van der Waals surface area contributed by atoms with Gasteiger partial charge in [0.05, 0.1) is 11.6 Å². The van der Waals surface area contributed by atoms with E-state index in [0.717, 1.165) is 28.6 Å². The van der Waals surface area contributed by atoms with Gasteiger partial charge in [0.25, 0.3) is 0 Å². The fraction of sp³-hybridized carbons (Fsp3) is 0.429. The van der Waals surface area contributed by atoms with Crippen LogP contribution in [0.2, 0.25) is 0 Å². The van der Waals surface area contributed by atoms with Gasteiger partial charge < -0.3 is 15.0 Å². The van der Waals surface area contributed by atoms with Crippen LogP contribution in [0.3, 0.4) is 0 Å². The highest BCUT2D eigenvalue weighted by molar-refractivity contribution is 9.10. The fourth-order valence-corrected chi connectivity index (χ4v) is 2.31. The summed E-state index contributed by atoms with van der Waals surface area (Å²) in [5.41, 5.74) is 6.48. The van der Waals surface area contributed by atoms with E-state index in [1.165, 1.54) is 0 Å². The number of nitrogens with zero attached hydrogens (tertiary/aromatic N) is 2. The molecule has 0 aliphatic rings. The van der Waals surface area contributed by atoms with Crippen molar-refractivity contribution in [1.82, 2.24) is 10.1 Å². The van der Waals surface area contributed by atoms with Crippen LogP contribution < -0.4 is 10.5 Å². The van der Waals surface area contributed by atoms with E-state index in [0.29, 0.717) is 24.2 Å². The maximum atomic E-state index is 5.59. The molecule has 0 radical (unpaired) electrons.